The lowest BCUT2D eigenvalue weighted by Gasteiger charge is -2.05. The monoisotopic (exact) mass is 245 g/mol. The van der Waals surface area contributed by atoms with Crippen LogP contribution in [0.1, 0.15) is 11.1 Å². The standard InChI is InChI=1S/C15H16O2.H3N/c1-16-14-7-3-12(4-8-14)11-13-5-9-15(17-2)10-6-13;/h3-10H,11H2,1-2H3;1H3. The molecule has 0 unspecified atom stereocenters. The van der Waals surface area contributed by atoms with Crippen molar-refractivity contribution < 1.29 is 9.47 Å². The van der Waals surface area contributed by atoms with E-state index in [0.29, 0.717) is 0 Å². The predicted octanol–water partition coefficient (Wildman–Crippen LogP) is 3.46. The first kappa shape index (κ1) is 14.1. The minimum Gasteiger partial charge on any atom is -0.497 e. The highest BCUT2D eigenvalue weighted by Gasteiger charge is 1.98. The first-order valence-corrected chi connectivity index (χ1v) is 5.57. The lowest BCUT2D eigenvalue weighted by molar-refractivity contribution is 0.414. The van der Waals surface area contributed by atoms with Crippen molar-refractivity contribution in [3.8, 4) is 11.5 Å². The minimum atomic E-state index is 0. The molecule has 2 aromatic carbocycles. The summed E-state index contributed by atoms with van der Waals surface area (Å²) in [5, 5.41) is 0. The normalized spacial score (nSPS) is 9.44. The van der Waals surface area contributed by atoms with Gasteiger partial charge in [-0.1, -0.05) is 24.3 Å². The number of rotatable bonds is 4. The zero-order valence-corrected chi connectivity index (χ0v) is 10.8. The number of benzene rings is 2. The van der Waals surface area contributed by atoms with Gasteiger partial charge in [0.25, 0.3) is 0 Å². The van der Waals surface area contributed by atoms with Gasteiger partial charge in [0.05, 0.1) is 14.2 Å². The molecular weight excluding hydrogens is 226 g/mol. The summed E-state index contributed by atoms with van der Waals surface area (Å²) in [5.74, 6) is 1.78. The summed E-state index contributed by atoms with van der Waals surface area (Å²) in [5.41, 5.74) is 2.55. The highest BCUT2D eigenvalue weighted by atomic mass is 16.5. The van der Waals surface area contributed by atoms with E-state index in [1.165, 1.54) is 11.1 Å². The molecule has 2 rings (SSSR count). The molecule has 18 heavy (non-hydrogen) atoms. The number of hydrogen-bond acceptors (Lipinski definition) is 3. The van der Waals surface area contributed by atoms with Crippen molar-refractivity contribution in [1.82, 2.24) is 6.15 Å². The van der Waals surface area contributed by atoms with E-state index < -0.39 is 0 Å². The third-order valence-electron chi connectivity index (χ3n) is 2.73. The van der Waals surface area contributed by atoms with Crippen molar-refractivity contribution in [3.05, 3.63) is 59.7 Å². The number of methoxy groups -OCH3 is 2. The fraction of sp³-hybridized carbons (Fsp3) is 0.200. The summed E-state index contributed by atoms with van der Waals surface area (Å²) in [6, 6.07) is 16.3. The van der Waals surface area contributed by atoms with Gasteiger partial charge in [0.1, 0.15) is 11.5 Å². The van der Waals surface area contributed by atoms with Crippen molar-refractivity contribution >= 4 is 0 Å². The van der Waals surface area contributed by atoms with E-state index in [0.717, 1.165) is 17.9 Å². The maximum Gasteiger partial charge on any atom is 0.118 e. The Balaban J connectivity index is 0.00000162. The molecule has 3 nitrogen and oxygen atoms in total. The Bertz CT molecular complexity index is 417. The first-order chi connectivity index (χ1) is 8.31. The van der Waals surface area contributed by atoms with Crippen LogP contribution >= 0.6 is 0 Å². The van der Waals surface area contributed by atoms with Crippen molar-refractivity contribution in [2.75, 3.05) is 14.2 Å². The fourth-order valence-electron chi connectivity index (χ4n) is 1.72. The van der Waals surface area contributed by atoms with Crippen LogP contribution in [0.25, 0.3) is 0 Å². The summed E-state index contributed by atoms with van der Waals surface area (Å²) in [4.78, 5) is 0. The van der Waals surface area contributed by atoms with Gasteiger partial charge in [-0.25, -0.2) is 0 Å². The van der Waals surface area contributed by atoms with Crippen molar-refractivity contribution in [2.24, 2.45) is 0 Å². The van der Waals surface area contributed by atoms with Crippen LogP contribution in [0.15, 0.2) is 48.5 Å². The zero-order valence-electron chi connectivity index (χ0n) is 10.8. The largest absolute Gasteiger partial charge is 0.497 e. The van der Waals surface area contributed by atoms with Gasteiger partial charge in [0.2, 0.25) is 0 Å². The highest BCUT2D eigenvalue weighted by Crippen LogP contribution is 2.17. The molecule has 0 saturated heterocycles. The Morgan fingerprint density at radius 1 is 0.667 bits per heavy atom. The van der Waals surface area contributed by atoms with Gasteiger partial charge in [0, 0.05) is 0 Å². The second kappa shape index (κ2) is 6.67. The van der Waals surface area contributed by atoms with Crippen LogP contribution in [0.4, 0.5) is 0 Å². The summed E-state index contributed by atoms with van der Waals surface area (Å²) < 4.78 is 10.3. The van der Waals surface area contributed by atoms with E-state index >= 15 is 0 Å². The fourth-order valence-corrected chi connectivity index (χ4v) is 1.72. The van der Waals surface area contributed by atoms with Gasteiger partial charge in [-0.3, -0.25) is 0 Å². The van der Waals surface area contributed by atoms with Crippen LogP contribution in [0.2, 0.25) is 0 Å². The van der Waals surface area contributed by atoms with Crippen LogP contribution in [-0.4, -0.2) is 14.2 Å². The first-order valence-electron chi connectivity index (χ1n) is 5.57. The van der Waals surface area contributed by atoms with Crippen LogP contribution in [-0.2, 0) is 6.42 Å². The molecule has 0 aliphatic heterocycles. The molecule has 0 heterocycles. The zero-order chi connectivity index (χ0) is 12.1. The topological polar surface area (TPSA) is 53.5 Å². The average molecular weight is 245 g/mol. The van der Waals surface area contributed by atoms with E-state index in [1.807, 2.05) is 24.3 Å². The average Bonchev–Trinajstić information content (AvgIpc) is 2.40. The Hall–Kier alpha value is -2.00. The third-order valence-corrected chi connectivity index (χ3v) is 2.73. The van der Waals surface area contributed by atoms with E-state index in [4.69, 9.17) is 9.47 Å². The van der Waals surface area contributed by atoms with Crippen LogP contribution in [0.5, 0.6) is 11.5 Å². The summed E-state index contributed by atoms with van der Waals surface area (Å²) in [6.07, 6.45) is 0.925. The Morgan fingerprint density at radius 3 is 1.28 bits per heavy atom. The van der Waals surface area contributed by atoms with Crippen LogP contribution in [0, 0.1) is 0 Å². The third kappa shape index (κ3) is 3.50. The van der Waals surface area contributed by atoms with E-state index in [-0.39, 0.29) is 6.15 Å². The van der Waals surface area contributed by atoms with Gasteiger partial charge in [0.15, 0.2) is 0 Å². The highest BCUT2D eigenvalue weighted by molar-refractivity contribution is 5.33. The molecule has 0 aromatic heterocycles. The molecule has 0 aliphatic rings. The van der Waals surface area contributed by atoms with Crippen LogP contribution < -0.4 is 15.6 Å². The van der Waals surface area contributed by atoms with Gasteiger partial charge in [-0.2, -0.15) is 0 Å². The lowest BCUT2D eigenvalue weighted by atomic mass is 10.0. The van der Waals surface area contributed by atoms with Crippen molar-refractivity contribution in [2.45, 2.75) is 6.42 Å². The Morgan fingerprint density at radius 2 is 1.00 bits per heavy atom. The maximum atomic E-state index is 5.13. The lowest BCUT2D eigenvalue weighted by Crippen LogP contribution is -1.89. The smallest absolute Gasteiger partial charge is 0.118 e. The quantitative estimate of drug-likeness (QED) is 0.897. The van der Waals surface area contributed by atoms with Gasteiger partial charge in [-0.15, -0.1) is 0 Å². The molecule has 0 amide bonds. The molecular formula is C15H19NO2. The van der Waals surface area contributed by atoms with Crippen molar-refractivity contribution in [1.29, 1.82) is 0 Å². The molecule has 0 atom stereocenters. The van der Waals surface area contributed by atoms with E-state index in [1.54, 1.807) is 14.2 Å². The summed E-state index contributed by atoms with van der Waals surface area (Å²) in [7, 11) is 3.36. The predicted molar refractivity (Wildman–Crippen MR) is 73.8 cm³/mol. The van der Waals surface area contributed by atoms with E-state index in [9.17, 15) is 0 Å². The molecule has 3 N–H and O–H groups in total. The molecule has 0 bridgehead atoms. The molecule has 0 saturated carbocycles. The van der Waals surface area contributed by atoms with E-state index in [2.05, 4.69) is 24.3 Å². The van der Waals surface area contributed by atoms with Crippen LogP contribution in [0.3, 0.4) is 0 Å². The minimum absolute atomic E-state index is 0. The second-order valence-corrected chi connectivity index (χ2v) is 3.87. The molecule has 96 valence electrons. The van der Waals surface area contributed by atoms with Gasteiger partial charge in [-0.05, 0) is 41.8 Å². The SMILES string of the molecule is COc1ccc(Cc2ccc(OC)cc2)cc1.N. The maximum absolute atomic E-state index is 5.13. The Kier molecular flexibility index (Phi) is 5.21. The Labute approximate surface area is 108 Å². The summed E-state index contributed by atoms with van der Waals surface area (Å²) in [6.45, 7) is 0. The van der Waals surface area contributed by atoms with Crippen molar-refractivity contribution in [3.63, 3.8) is 0 Å². The summed E-state index contributed by atoms with van der Waals surface area (Å²) >= 11 is 0. The molecule has 2 aromatic rings. The molecule has 0 radical (unpaired) electrons. The molecule has 0 fully saturated rings. The molecule has 0 aliphatic carbocycles. The van der Waals surface area contributed by atoms with Gasteiger partial charge >= 0.3 is 0 Å². The number of hydrogen-bond donors (Lipinski definition) is 1. The van der Waals surface area contributed by atoms with Gasteiger partial charge < -0.3 is 15.6 Å². The molecule has 3 heteroatoms. The molecule has 0 spiro atoms. The second-order valence-electron chi connectivity index (χ2n) is 3.87. The number of ether oxygens (including phenoxy) is 2.